The summed E-state index contributed by atoms with van der Waals surface area (Å²) in [6.07, 6.45) is 5.47. The number of pyridine rings is 1. The molecule has 2 amide bonds. The van der Waals surface area contributed by atoms with Crippen LogP contribution in [0.3, 0.4) is 0 Å². The molecule has 3 heterocycles. The zero-order valence-electron chi connectivity index (χ0n) is 15.8. The molecule has 154 valence electrons. The van der Waals surface area contributed by atoms with Crippen LogP contribution in [0.4, 0.5) is 5.69 Å². The summed E-state index contributed by atoms with van der Waals surface area (Å²) in [6, 6.07) is 9.32. The molecule has 9 heteroatoms. The van der Waals surface area contributed by atoms with Crippen molar-refractivity contribution >= 4 is 40.7 Å². The summed E-state index contributed by atoms with van der Waals surface area (Å²) < 4.78 is 5.33. The monoisotopic (exact) mass is 444 g/mol. The molecule has 1 fully saturated rings. The van der Waals surface area contributed by atoms with E-state index in [1.165, 1.54) is 4.90 Å². The van der Waals surface area contributed by atoms with Crippen molar-refractivity contribution in [1.29, 1.82) is 0 Å². The molecule has 1 atom stereocenters. The standard InChI is InChI=1S/C21H18Cl2N4O3/c22-14-4-5-16(15(23)11-14)25-20(28)18-3-1-2-10-27(18)21(29)17-12-19(30-26-17)13-6-8-24-9-7-13/h4-9,11-12,18H,1-3,10H2,(H,25,28). The smallest absolute Gasteiger partial charge is 0.276 e. The fourth-order valence-corrected chi connectivity index (χ4v) is 3.89. The number of hydrogen-bond donors (Lipinski definition) is 1. The highest BCUT2D eigenvalue weighted by molar-refractivity contribution is 6.36. The Morgan fingerprint density at radius 3 is 2.67 bits per heavy atom. The lowest BCUT2D eigenvalue weighted by Crippen LogP contribution is -2.50. The lowest BCUT2D eigenvalue weighted by atomic mass is 10.0. The van der Waals surface area contributed by atoms with Gasteiger partial charge >= 0.3 is 0 Å². The van der Waals surface area contributed by atoms with E-state index in [2.05, 4.69) is 15.5 Å². The quantitative estimate of drug-likeness (QED) is 0.630. The molecule has 1 aliphatic rings. The van der Waals surface area contributed by atoms with E-state index in [0.717, 1.165) is 18.4 Å². The molecule has 1 N–H and O–H groups in total. The Labute approximate surface area is 183 Å². The number of nitrogens with zero attached hydrogens (tertiary/aromatic N) is 3. The van der Waals surface area contributed by atoms with Gasteiger partial charge in [-0.2, -0.15) is 0 Å². The van der Waals surface area contributed by atoms with Crippen molar-refractivity contribution in [2.24, 2.45) is 0 Å². The van der Waals surface area contributed by atoms with Crippen molar-refractivity contribution in [3.63, 3.8) is 0 Å². The predicted octanol–water partition coefficient (Wildman–Crippen LogP) is 4.68. The van der Waals surface area contributed by atoms with Crippen LogP contribution in [0.15, 0.2) is 53.3 Å². The van der Waals surface area contributed by atoms with Crippen molar-refractivity contribution in [2.75, 3.05) is 11.9 Å². The average molecular weight is 445 g/mol. The van der Waals surface area contributed by atoms with Crippen LogP contribution in [0.2, 0.25) is 10.0 Å². The molecule has 1 aromatic carbocycles. The second-order valence-corrected chi connectivity index (χ2v) is 7.78. The third-order valence-electron chi connectivity index (χ3n) is 4.95. The van der Waals surface area contributed by atoms with Crippen LogP contribution in [0.5, 0.6) is 0 Å². The van der Waals surface area contributed by atoms with Gasteiger partial charge in [0, 0.05) is 35.6 Å². The molecule has 2 aromatic heterocycles. The average Bonchev–Trinajstić information content (AvgIpc) is 3.26. The third-order valence-corrected chi connectivity index (χ3v) is 5.50. The van der Waals surface area contributed by atoms with Gasteiger partial charge in [-0.15, -0.1) is 0 Å². The summed E-state index contributed by atoms with van der Waals surface area (Å²) >= 11 is 12.1. The predicted molar refractivity (Wildman–Crippen MR) is 114 cm³/mol. The van der Waals surface area contributed by atoms with Crippen LogP contribution >= 0.6 is 23.2 Å². The van der Waals surface area contributed by atoms with Gasteiger partial charge < -0.3 is 14.7 Å². The first kappa shape index (κ1) is 20.4. The summed E-state index contributed by atoms with van der Waals surface area (Å²) in [5, 5.41) is 7.53. The Hall–Kier alpha value is -2.90. The Bertz CT molecular complexity index is 1070. The van der Waals surface area contributed by atoms with Crippen LogP contribution in [0.25, 0.3) is 11.3 Å². The maximum Gasteiger partial charge on any atom is 0.276 e. The van der Waals surface area contributed by atoms with Crippen LogP contribution in [-0.2, 0) is 4.79 Å². The van der Waals surface area contributed by atoms with Gasteiger partial charge in [0.1, 0.15) is 6.04 Å². The molecule has 0 spiro atoms. The highest BCUT2D eigenvalue weighted by Gasteiger charge is 2.34. The van der Waals surface area contributed by atoms with Gasteiger partial charge in [-0.05, 0) is 49.6 Å². The van der Waals surface area contributed by atoms with E-state index in [9.17, 15) is 9.59 Å². The highest BCUT2D eigenvalue weighted by atomic mass is 35.5. The van der Waals surface area contributed by atoms with E-state index in [-0.39, 0.29) is 17.5 Å². The molecule has 0 bridgehead atoms. The summed E-state index contributed by atoms with van der Waals surface area (Å²) in [7, 11) is 0. The molecule has 0 radical (unpaired) electrons. The van der Waals surface area contributed by atoms with Gasteiger partial charge in [0.2, 0.25) is 5.91 Å². The van der Waals surface area contributed by atoms with Crippen LogP contribution in [-0.4, -0.2) is 39.4 Å². The van der Waals surface area contributed by atoms with Crippen LogP contribution in [0, 0.1) is 0 Å². The molecule has 1 aliphatic heterocycles. The molecule has 0 aliphatic carbocycles. The van der Waals surface area contributed by atoms with Gasteiger partial charge in [0.25, 0.3) is 5.91 Å². The van der Waals surface area contributed by atoms with Crippen molar-refractivity contribution in [3.05, 3.63) is 64.5 Å². The van der Waals surface area contributed by atoms with E-state index in [0.29, 0.717) is 34.5 Å². The number of hydrogen-bond acceptors (Lipinski definition) is 5. The van der Waals surface area contributed by atoms with Crippen molar-refractivity contribution in [3.8, 4) is 11.3 Å². The van der Waals surface area contributed by atoms with E-state index in [1.54, 1.807) is 48.8 Å². The molecule has 1 saturated heterocycles. The first-order valence-corrected chi connectivity index (χ1v) is 10.2. The maximum absolute atomic E-state index is 13.1. The number of amides is 2. The molecule has 7 nitrogen and oxygen atoms in total. The zero-order valence-corrected chi connectivity index (χ0v) is 17.4. The van der Waals surface area contributed by atoms with Gasteiger partial charge in [0.15, 0.2) is 11.5 Å². The van der Waals surface area contributed by atoms with Crippen molar-refractivity contribution < 1.29 is 14.1 Å². The fraction of sp³-hybridized carbons (Fsp3) is 0.238. The number of benzene rings is 1. The minimum absolute atomic E-state index is 0.158. The number of carbonyl (C=O) groups excluding carboxylic acids is 2. The molecule has 4 rings (SSSR count). The third kappa shape index (κ3) is 4.32. The Kier molecular flexibility index (Phi) is 6.01. The molecule has 1 unspecified atom stereocenters. The summed E-state index contributed by atoms with van der Waals surface area (Å²) in [6.45, 7) is 0.461. The molecular weight excluding hydrogens is 427 g/mol. The van der Waals surface area contributed by atoms with Crippen molar-refractivity contribution in [2.45, 2.75) is 25.3 Å². The summed E-state index contributed by atoms with van der Waals surface area (Å²) in [5.41, 5.74) is 1.37. The molecule has 3 aromatic rings. The number of anilines is 1. The lowest BCUT2D eigenvalue weighted by molar-refractivity contribution is -0.121. The number of rotatable bonds is 4. The largest absolute Gasteiger partial charge is 0.355 e. The van der Waals surface area contributed by atoms with Gasteiger partial charge in [-0.25, -0.2) is 0 Å². The number of likely N-dealkylation sites (tertiary alicyclic amines) is 1. The Morgan fingerprint density at radius 2 is 1.90 bits per heavy atom. The molecule has 0 saturated carbocycles. The normalized spacial score (nSPS) is 16.3. The number of carbonyl (C=O) groups is 2. The zero-order chi connectivity index (χ0) is 21.1. The Morgan fingerprint density at radius 1 is 1.10 bits per heavy atom. The molecule has 30 heavy (non-hydrogen) atoms. The first-order valence-electron chi connectivity index (χ1n) is 9.47. The van der Waals surface area contributed by atoms with Crippen LogP contribution in [0.1, 0.15) is 29.8 Å². The number of nitrogens with one attached hydrogen (secondary N) is 1. The number of halogens is 2. The topological polar surface area (TPSA) is 88.3 Å². The van der Waals surface area contributed by atoms with E-state index in [4.69, 9.17) is 27.7 Å². The van der Waals surface area contributed by atoms with Crippen molar-refractivity contribution in [1.82, 2.24) is 15.0 Å². The second-order valence-electron chi connectivity index (χ2n) is 6.94. The minimum Gasteiger partial charge on any atom is -0.355 e. The Balaban J connectivity index is 1.52. The molecular formula is C21H18Cl2N4O3. The number of aromatic nitrogens is 2. The fourth-order valence-electron chi connectivity index (χ4n) is 3.43. The van der Waals surface area contributed by atoms with E-state index >= 15 is 0 Å². The maximum atomic E-state index is 13.1. The minimum atomic E-state index is -0.626. The van der Waals surface area contributed by atoms with Gasteiger partial charge in [-0.3, -0.25) is 14.6 Å². The van der Waals surface area contributed by atoms with E-state index in [1.807, 2.05) is 0 Å². The van der Waals surface area contributed by atoms with Gasteiger partial charge in [-0.1, -0.05) is 28.4 Å². The summed E-state index contributed by atoms with van der Waals surface area (Å²) in [5.74, 6) is -0.182. The van der Waals surface area contributed by atoms with Crippen LogP contribution < -0.4 is 5.32 Å². The summed E-state index contributed by atoms with van der Waals surface area (Å²) in [4.78, 5) is 31.5. The SMILES string of the molecule is O=C(Nc1ccc(Cl)cc1Cl)C1CCCCN1C(=O)c1cc(-c2ccncc2)on1. The lowest BCUT2D eigenvalue weighted by Gasteiger charge is -2.34. The number of piperidine rings is 1. The van der Waals surface area contributed by atoms with Gasteiger partial charge in [0.05, 0.1) is 10.7 Å². The van der Waals surface area contributed by atoms with E-state index < -0.39 is 6.04 Å². The first-order chi connectivity index (χ1) is 14.5. The highest BCUT2D eigenvalue weighted by Crippen LogP contribution is 2.28. The second kappa shape index (κ2) is 8.85.